The quantitative estimate of drug-likeness (QED) is 0.704. The summed E-state index contributed by atoms with van der Waals surface area (Å²) >= 11 is 0. The molecular formula is C23H30N2O4S. The molecule has 0 aliphatic heterocycles. The molecule has 1 aliphatic carbocycles. The molecular weight excluding hydrogens is 400 g/mol. The Bertz CT molecular complexity index is 1030. The molecule has 2 aromatic carbocycles. The van der Waals surface area contributed by atoms with Crippen LogP contribution in [0.15, 0.2) is 47.4 Å². The van der Waals surface area contributed by atoms with Gasteiger partial charge in [0.05, 0.1) is 17.4 Å². The number of nitrogens with two attached hydrogens (primary N) is 1. The monoisotopic (exact) mass is 430 g/mol. The van der Waals surface area contributed by atoms with Crippen LogP contribution in [0.4, 0.5) is 0 Å². The van der Waals surface area contributed by atoms with Crippen LogP contribution in [0.1, 0.15) is 31.2 Å². The van der Waals surface area contributed by atoms with E-state index in [1.807, 2.05) is 31.3 Å². The van der Waals surface area contributed by atoms with Gasteiger partial charge in [-0.3, -0.25) is 4.79 Å². The van der Waals surface area contributed by atoms with Crippen molar-refractivity contribution in [1.82, 2.24) is 5.32 Å². The van der Waals surface area contributed by atoms with Gasteiger partial charge < -0.3 is 15.8 Å². The van der Waals surface area contributed by atoms with Gasteiger partial charge in [0.15, 0.2) is 9.84 Å². The SMILES string of the molecule is CNC1CCC(Cc2cc(-c3cccc(S(C)(=O)=O)c3)ccc2OC)(C(N)=O)CC1. The summed E-state index contributed by atoms with van der Waals surface area (Å²) in [5.74, 6) is 0.429. The number of hydrogen-bond donors (Lipinski definition) is 2. The van der Waals surface area contributed by atoms with Crippen LogP contribution in [-0.2, 0) is 21.1 Å². The maximum Gasteiger partial charge on any atom is 0.223 e. The van der Waals surface area contributed by atoms with Crippen LogP contribution in [0.2, 0.25) is 0 Å². The third-order valence-electron chi connectivity index (χ3n) is 6.28. The molecule has 30 heavy (non-hydrogen) atoms. The highest BCUT2D eigenvalue weighted by molar-refractivity contribution is 7.90. The van der Waals surface area contributed by atoms with E-state index in [2.05, 4.69) is 5.32 Å². The fourth-order valence-corrected chi connectivity index (χ4v) is 5.00. The lowest BCUT2D eigenvalue weighted by atomic mass is 9.68. The molecule has 1 saturated carbocycles. The number of methoxy groups -OCH3 is 1. The van der Waals surface area contributed by atoms with Gasteiger partial charge in [-0.1, -0.05) is 18.2 Å². The van der Waals surface area contributed by atoms with E-state index in [4.69, 9.17) is 10.5 Å². The van der Waals surface area contributed by atoms with Crippen LogP contribution in [0.3, 0.4) is 0 Å². The number of hydrogen-bond acceptors (Lipinski definition) is 5. The van der Waals surface area contributed by atoms with E-state index >= 15 is 0 Å². The van der Waals surface area contributed by atoms with E-state index in [0.717, 1.165) is 42.4 Å². The van der Waals surface area contributed by atoms with Crippen LogP contribution >= 0.6 is 0 Å². The zero-order chi connectivity index (χ0) is 21.9. The van der Waals surface area contributed by atoms with Crippen LogP contribution in [0, 0.1) is 5.41 Å². The van der Waals surface area contributed by atoms with Gasteiger partial charge in [-0.05, 0) is 80.1 Å². The molecule has 1 aliphatic rings. The summed E-state index contributed by atoms with van der Waals surface area (Å²) in [6.45, 7) is 0. The Labute approximate surface area is 178 Å². The average molecular weight is 431 g/mol. The molecule has 0 atom stereocenters. The molecule has 0 unspecified atom stereocenters. The lowest BCUT2D eigenvalue weighted by Crippen LogP contribution is -2.45. The summed E-state index contributed by atoms with van der Waals surface area (Å²) in [4.78, 5) is 12.8. The van der Waals surface area contributed by atoms with E-state index in [0.29, 0.717) is 18.2 Å². The molecule has 3 rings (SSSR count). The van der Waals surface area contributed by atoms with Crippen molar-refractivity contribution in [3.05, 3.63) is 48.0 Å². The van der Waals surface area contributed by atoms with Crippen molar-refractivity contribution < 1.29 is 17.9 Å². The highest BCUT2D eigenvalue weighted by atomic mass is 32.2. The van der Waals surface area contributed by atoms with E-state index in [1.54, 1.807) is 25.3 Å². The van der Waals surface area contributed by atoms with Crippen LogP contribution in [-0.4, -0.2) is 40.8 Å². The van der Waals surface area contributed by atoms with Gasteiger partial charge in [-0.2, -0.15) is 0 Å². The minimum atomic E-state index is -3.30. The second-order valence-corrected chi connectivity index (χ2v) is 10.2. The Hall–Kier alpha value is -2.38. The van der Waals surface area contributed by atoms with Crippen LogP contribution in [0.5, 0.6) is 5.75 Å². The first-order valence-electron chi connectivity index (χ1n) is 10.1. The highest BCUT2D eigenvalue weighted by Gasteiger charge is 2.40. The summed E-state index contributed by atoms with van der Waals surface area (Å²) in [5.41, 5.74) is 7.85. The van der Waals surface area contributed by atoms with Gasteiger partial charge >= 0.3 is 0 Å². The Morgan fingerprint density at radius 1 is 1.17 bits per heavy atom. The van der Waals surface area contributed by atoms with Crippen molar-refractivity contribution in [3.63, 3.8) is 0 Å². The number of sulfone groups is 1. The molecule has 0 heterocycles. The van der Waals surface area contributed by atoms with Crippen molar-refractivity contribution in [3.8, 4) is 16.9 Å². The van der Waals surface area contributed by atoms with Gasteiger partial charge in [0.25, 0.3) is 0 Å². The smallest absolute Gasteiger partial charge is 0.223 e. The first-order valence-corrected chi connectivity index (χ1v) is 12.0. The van der Waals surface area contributed by atoms with Gasteiger partial charge in [0.2, 0.25) is 5.91 Å². The maximum atomic E-state index is 12.5. The fraction of sp³-hybridized carbons (Fsp3) is 0.435. The normalized spacial score (nSPS) is 21.9. The van der Waals surface area contributed by atoms with E-state index in [-0.39, 0.29) is 10.8 Å². The molecule has 1 amide bonds. The Kier molecular flexibility index (Phi) is 6.53. The van der Waals surface area contributed by atoms with Crippen molar-refractivity contribution in [2.45, 2.75) is 43.0 Å². The molecule has 0 aromatic heterocycles. The van der Waals surface area contributed by atoms with E-state index in [9.17, 15) is 13.2 Å². The van der Waals surface area contributed by atoms with Crippen molar-refractivity contribution in [2.24, 2.45) is 11.1 Å². The Morgan fingerprint density at radius 3 is 2.40 bits per heavy atom. The van der Waals surface area contributed by atoms with Gasteiger partial charge in [-0.15, -0.1) is 0 Å². The maximum absolute atomic E-state index is 12.5. The topological polar surface area (TPSA) is 98.5 Å². The zero-order valence-electron chi connectivity index (χ0n) is 17.8. The summed E-state index contributed by atoms with van der Waals surface area (Å²) in [7, 11) is 0.253. The van der Waals surface area contributed by atoms with Gasteiger partial charge in [0.1, 0.15) is 5.75 Å². The molecule has 0 radical (unpaired) electrons. The minimum Gasteiger partial charge on any atom is -0.496 e. The molecule has 3 N–H and O–H groups in total. The van der Waals surface area contributed by atoms with E-state index in [1.165, 1.54) is 6.26 Å². The second kappa shape index (κ2) is 8.78. The van der Waals surface area contributed by atoms with Crippen molar-refractivity contribution in [2.75, 3.05) is 20.4 Å². The van der Waals surface area contributed by atoms with Crippen molar-refractivity contribution >= 4 is 15.7 Å². The molecule has 0 saturated heterocycles. The number of ether oxygens (including phenoxy) is 1. The number of carbonyl (C=O) groups is 1. The standard InChI is InChI=1S/C23H30N2O4S/c1-25-19-9-11-23(12-10-19,22(24)26)15-18-13-17(7-8-21(18)29-2)16-5-4-6-20(14-16)30(3,27)28/h4-8,13-14,19,25H,9-12,15H2,1-3H3,(H2,24,26). The zero-order valence-corrected chi connectivity index (χ0v) is 18.6. The number of nitrogens with one attached hydrogen (secondary N) is 1. The predicted molar refractivity (Wildman–Crippen MR) is 118 cm³/mol. The van der Waals surface area contributed by atoms with Crippen LogP contribution in [0.25, 0.3) is 11.1 Å². The summed E-state index contributed by atoms with van der Waals surface area (Å²) in [6.07, 6.45) is 4.95. The lowest BCUT2D eigenvalue weighted by Gasteiger charge is -2.38. The second-order valence-electron chi connectivity index (χ2n) is 8.21. The molecule has 0 spiro atoms. The number of carbonyl (C=O) groups excluding carboxylic acids is 1. The number of rotatable bonds is 7. The number of primary amides is 1. The summed E-state index contributed by atoms with van der Waals surface area (Å²) in [6, 6.07) is 13.0. The number of amides is 1. The van der Waals surface area contributed by atoms with E-state index < -0.39 is 15.3 Å². The highest BCUT2D eigenvalue weighted by Crippen LogP contribution is 2.41. The Morgan fingerprint density at radius 2 is 1.83 bits per heavy atom. The first-order chi connectivity index (χ1) is 14.2. The van der Waals surface area contributed by atoms with Crippen molar-refractivity contribution in [1.29, 1.82) is 0 Å². The van der Waals surface area contributed by atoms with Gasteiger partial charge in [-0.25, -0.2) is 8.42 Å². The lowest BCUT2D eigenvalue weighted by molar-refractivity contribution is -0.129. The van der Waals surface area contributed by atoms with Gasteiger partial charge in [0, 0.05) is 12.3 Å². The van der Waals surface area contributed by atoms with Crippen LogP contribution < -0.4 is 15.8 Å². The minimum absolute atomic E-state index is 0.274. The molecule has 1 fully saturated rings. The number of benzene rings is 2. The molecule has 7 heteroatoms. The largest absolute Gasteiger partial charge is 0.496 e. The predicted octanol–water partition coefficient (Wildman–Crippen LogP) is 2.94. The fourth-order valence-electron chi connectivity index (χ4n) is 4.34. The average Bonchev–Trinajstić information content (AvgIpc) is 2.73. The molecule has 162 valence electrons. The first kappa shape index (κ1) is 22.3. The third kappa shape index (κ3) is 4.68. The molecule has 6 nitrogen and oxygen atoms in total. The molecule has 2 aromatic rings. The Balaban J connectivity index is 1.98. The summed E-state index contributed by atoms with van der Waals surface area (Å²) in [5, 5.41) is 3.29. The summed E-state index contributed by atoms with van der Waals surface area (Å²) < 4.78 is 29.4. The molecule has 0 bridgehead atoms. The third-order valence-corrected chi connectivity index (χ3v) is 7.39.